The summed E-state index contributed by atoms with van der Waals surface area (Å²) in [5.41, 5.74) is -0.149. The van der Waals surface area contributed by atoms with E-state index in [0.29, 0.717) is 42.0 Å². The molecule has 1 amide bonds. The van der Waals surface area contributed by atoms with E-state index in [1.165, 1.54) is 4.31 Å². The maximum Gasteiger partial charge on any atom is 0.260 e. The Morgan fingerprint density at radius 2 is 2.04 bits per heavy atom. The second-order valence-electron chi connectivity index (χ2n) is 6.41. The van der Waals surface area contributed by atoms with Crippen molar-refractivity contribution in [1.82, 2.24) is 9.21 Å². The summed E-state index contributed by atoms with van der Waals surface area (Å²) in [6, 6.07) is 4.80. The molecule has 1 spiro atoms. The Morgan fingerprint density at radius 3 is 2.68 bits per heavy atom. The zero-order valence-electron chi connectivity index (χ0n) is 13.5. The molecule has 0 radical (unpaired) electrons. The van der Waals surface area contributed by atoms with Crippen LogP contribution in [-0.2, 0) is 14.8 Å². The highest BCUT2D eigenvalue weighted by Gasteiger charge is 2.51. The minimum Gasteiger partial charge on any atom is -0.482 e. The minimum atomic E-state index is -3.39. The predicted molar refractivity (Wildman–Crippen MR) is 96.3 cm³/mol. The minimum absolute atomic E-state index is 0.119. The second kappa shape index (κ2) is 6.79. The fourth-order valence-electron chi connectivity index (χ4n) is 3.24. The number of benzene rings is 1. The van der Waals surface area contributed by atoms with Gasteiger partial charge in [0.1, 0.15) is 5.75 Å². The van der Waals surface area contributed by atoms with Gasteiger partial charge in [0.25, 0.3) is 5.91 Å². The van der Waals surface area contributed by atoms with Crippen LogP contribution in [0.4, 0.5) is 0 Å². The average Bonchev–Trinajstić information content (AvgIpc) is 2.99. The highest BCUT2D eigenvalue weighted by Crippen LogP contribution is 2.40. The van der Waals surface area contributed by atoms with Crippen LogP contribution >= 0.6 is 23.2 Å². The number of hydrogen-bond donors (Lipinski definition) is 0. The van der Waals surface area contributed by atoms with E-state index in [4.69, 9.17) is 27.9 Å². The number of halogens is 2. The maximum atomic E-state index is 12.2. The molecule has 0 N–H and O–H groups in total. The molecule has 0 unspecified atom stereocenters. The van der Waals surface area contributed by atoms with Crippen LogP contribution < -0.4 is 4.74 Å². The number of carbonyl (C=O) groups excluding carboxylic acids is 1. The molecule has 1 aromatic rings. The lowest BCUT2D eigenvalue weighted by molar-refractivity contribution is -0.144. The fraction of sp³-hybridized carbons (Fsp3) is 0.438. The third kappa shape index (κ3) is 3.79. The summed E-state index contributed by atoms with van der Waals surface area (Å²) < 4.78 is 30.6. The van der Waals surface area contributed by atoms with Gasteiger partial charge in [-0.1, -0.05) is 29.8 Å². The Morgan fingerprint density at radius 1 is 1.32 bits per heavy atom. The first-order valence-corrected chi connectivity index (χ1v) is 9.99. The van der Waals surface area contributed by atoms with Gasteiger partial charge in [-0.25, -0.2) is 8.42 Å². The summed E-state index contributed by atoms with van der Waals surface area (Å²) in [5, 5.41) is 1.81. The quantitative estimate of drug-likeness (QED) is 0.755. The van der Waals surface area contributed by atoms with E-state index in [0.717, 1.165) is 11.8 Å². The Balaban J connectivity index is 1.51. The van der Waals surface area contributed by atoms with E-state index in [9.17, 15) is 13.2 Å². The van der Waals surface area contributed by atoms with E-state index in [2.05, 4.69) is 6.58 Å². The third-order valence-corrected chi connectivity index (χ3v) is 6.61. The van der Waals surface area contributed by atoms with Gasteiger partial charge in [-0.15, -0.1) is 0 Å². The van der Waals surface area contributed by atoms with Gasteiger partial charge in [0.15, 0.2) is 6.61 Å². The number of carbonyl (C=O) groups is 1. The summed E-state index contributed by atoms with van der Waals surface area (Å²) in [6.45, 7) is 5.19. The van der Waals surface area contributed by atoms with Crippen LogP contribution in [-0.4, -0.2) is 56.3 Å². The molecule has 2 fully saturated rings. The molecule has 6 nitrogen and oxygen atoms in total. The molecule has 1 aromatic carbocycles. The topological polar surface area (TPSA) is 66.9 Å². The Hall–Kier alpha value is -1.28. The standard InChI is InChI=1S/C16H18Cl2N2O4S/c1-2-25(22,23)20-6-5-16(11-20)9-19(10-16)15(21)8-24-14-4-3-12(17)7-13(14)18/h2-4,7H,1,5-6,8-11H2. The van der Waals surface area contributed by atoms with Crippen molar-refractivity contribution in [2.24, 2.45) is 5.41 Å². The SMILES string of the molecule is C=CS(=O)(=O)N1CCC2(CN(C(=O)COc3ccc(Cl)cc3Cl)C2)C1. The maximum absolute atomic E-state index is 12.2. The van der Waals surface area contributed by atoms with Crippen molar-refractivity contribution in [3.8, 4) is 5.75 Å². The van der Waals surface area contributed by atoms with Gasteiger partial charge in [-0.2, -0.15) is 4.31 Å². The summed E-state index contributed by atoms with van der Waals surface area (Å²) in [5.74, 6) is 0.250. The first kappa shape index (κ1) is 18.5. The smallest absolute Gasteiger partial charge is 0.260 e. The van der Waals surface area contributed by atoms with E-state index in [1.807, 2.05) is 0 Å². The van der Waals surface area contributed by atoms with Crippen LogP contribution in [0, 0.1) is 5.41 Å². The molecule has 0 saturated carbocycles. The summed E-state index contributed by atoms with van der Waals surface area (Å²) in [4.78, 5) is 13.9. The zero-order valence-corrected chi connectivity index (χ0v) is 15.8. The Bertz CT molecular complexity index is 806. The number of likely N-dealkylation sites (tertiary alicyclic amines) is 1. The van der Waals surface area contributed by atoms with Crippen LogP contribution in [0.1, 0.15) is 6.42 Å². The highest BCUT2D eigenvalue weighted by molar-refractivity contribution is 7.92. The zero-order chi connectivity index (χ0) is 18.2. The molecule has 0 bridgehead atoms. The molecular weight excluding hydrogens is 387 g/mol. The van der Waals surface area contributed by atoms with Gasteiger partial charge >= 0.3 is 0 Å². The van der Waals surface area contributed by atoms with Gasteiger partial charge in [-0.05, 0) is 24.6 Å². The van der Waals surface area contributed by atoms with Crippen LogP contribution in [0.5, 0.6) is 5.75 Å². The predicted octanol–water partition coefficient (Wildman–Crippen LogP) is 2.38. The highest BCUT2D eigenvalue weighted by atomic mass is 35.5. The van der Waals surface area contributed by atoms with E-state index in [1.54, 1.807) is 23.1 Å². The Labute approximate surface area is 157 Å². The fourth-order valence-corrected chi connectivity index (χ4v) is 4.71. The number of amides is 1. The van der Waals surface area contributed by atoms with Crippen molar-refractivity contribution in [3.05, 3.63) is 40.2 Å². The van der Waals surface area contributed by atoms with Crippen molar-refractivity contribution in [2.75, 3.05) is 32.8 Å². The summed E-state index contributed by atoms with van der Waals surface area (Å²) in [7, 11) is -3.39. The van der Waals surface area contributed by atoms with Crippen molar-refractivity contribution < 1.29 is 17.9 Å². The second-order valence-corrected chi connectivity index (χ2v) is 9.13. The van der Waals surface area contributed by atoms with Crippen molar-refractivity contribution >= 4 is 39.1 Å². The first-order chi connectivity index (χ1) is 11.7. The van der Waals surface area contributed by atoms with E-state index < -0.39 is 10.0 Å². The molecule has 2 heterocycles. The van der Waals surface area contributed by atoms with Gasteiger partial charge < -0.3 is 9.64 Å². The summed E-state index contributed by atoms with van der Waals surface area (Å²) >= 11 is 11.8. The molecule has 2 aliphatic rings. The van der Waals surface area contributed by atoms with Crippen LogP contribution in [0.2, 0.25) is 10.0 Å². The van der Waals surface area contributed by atoms with Gasteiger partial charge in [0.05, 0.1) is 5.02 Å². The molecule has 9 heteroatoms. The molecule has 0 aliphatic carbocycles. The van der Waals surface area contributed by atoms with Crippen molar-refractivity contribution in [1.29, 1.82) is 0 Å². The van der Waals surface area contributed by atoms with E-state index in [-0.39, 0.29) is 17.9 Å². The number of nitrogens with zero attached hydrogens (tertiary/aromatic N) is 2. The van der Waals surface area contributed by atoms with Gasteiger partial charge in [0, 0.05) is 42.0 Å². The number of hydrogen-bond acceptors (Lipinski definition) is 4. The molecule has 0 aromatic heterocycles. The molecule has 0 atom stereocenters. The van der Waals surface area contributed by atoms with Crippen LogP contribution in [0.15, 0.2) is 30.2 Å². The van der Waals surface area contributed by atoms with Gasteiger partial charge in [-0.3, -0.25) is 4.79 Å². The number of sulfonamides is 1. The van der Waals surface area contributed by atoms with Crippen molar-refractivity contribution in [3.63, 3.8) is 0 Å². The lowest BCUT2D eigenvalue weighted by Gasteiger charge is -2.47. The van der Waals surface area contributed by atoms with Crippen molar-refractivity contribution in [2.45, 2.75) is 6.42 Å². The third-order valence-electron chi connectivity index (χ3n) is 4.62. The molecule has 3 rings (SSSR count). The number of rotatable bonds is 5. The number of ether oxygens (including phenoxy) is 1. The van der Waals surface area contributed by atoms with Crippen LogP contribution in [0.25, 0.3) is 0 Å². The first-order valence-electron chi connectivity index (χ1n) is 7.73. The molecular formula is C16H18Cl2N2O4S. The van der Waals surface area contributed by atoms with Gasteiger partial charge in [0.2, 0.25) is 10.0 Å². The van der Waals surface area contributed by atoms with E-state index >= 15 is 0 Å². The largest absolute Gasteiger partial charge is 0.482 e. The molecule has 2 aliphatic heterocycles. The Kier molecular flexibility index (Phi) is 5.03. The lowest BCUT2D eigenvalue weighted by Crippen LogP contribution is -2.60. The average molecular weight is 405 g/mol. The lowest BCUT2D eigenvalue weighted by atomic mass is 9.79. The summed E-state index contributed by atoms with van der Waals surface area (Å²) in [6.07, 6.45) is 0.744. The molecule has 136 valence electrons. The molecule has 25 heavy (non-hydrogen) atoms. The molecule has 2 saturated heterocycles. The van der Waals surface area contributed by atoms with Crippen LogP contribution in [0.3, 0.4) is 0 Å². The monoisotopic (exact) mass is 404 g/mol. The normalized spacial score (nSPS) is 19.7.